The maximum absolute atomic E-state index is 12.4. The third kappa shape index (κ3) is 3.46. The minimum atomic E-state index is -0.209. The van der Waals surface area contributed by atoms with Gasteiger partial charge in [-0.25, -0.2) is 4.68 Å². The number of anilines is 1. The van der Waals surface area contributed by atoms with Gasteiger partial charge in [0.2, 0.25) is 0 Å². The molecular weight excluding hydrogens is 306 g/mol. The number of rotatable bonds is 4. The van der Waals surface area contributed by atoms with E-state index in [4.69, 9.17) is 0 Å². The van der Waals surface area contributed by atoms with Gasteiger partial charge in [-0.3, -0.25) is 4.79 Å². The molecule has 0 aliphatic rings. The van der Waals surface area contributed by atoms with Crippen molar-refractivity contribution in [3.05, 3.63) is 72.1 Å². The van der Waals surface area contributed by atoms with Gasteiger partial charge in [0.15, 0.2) is 5.69 Å². The lowest BCUT2D eigenvalue weighted by atomic mass is 10.3. The van der Waals surface area contributed by atoms with E-state index >= 15 is 0 Å². The Bertz CT molecular complexity index is 810. The van der Waals surface area contributed by atoms with E-state index in [9.17, 15) is 4.79 Å². The summed E-state index contributed by atoms with van der Waals surface area (Å²) in [5.41, 5.74) is 3.02. The summed E-state index contributed by atoms with van der Waals surface area (Å²) >= 11 is 1.67. The fourth-order valence-corrected chi connectivity index (χ4v) is 2.69. The van der Waals surface area contributed by atoms with Gasteiger partial charge in [-0.2, -0.15) is 5.10 Å². The van der Waals surface area contributed by atoms with Crippen LogP contribution in [0.25, 0.3) is 5.69 Å². The summed E-state index contributed by atoms with van der Waals surface area (Å²) in [4.78, 5) is 13.5. The molecule has 0 atom stereocenters. The van der Waals surface area contributed by atoms with Gasteiger partial charge in [0.1, 0.15) is 0 Å². The summed E-state index contributed by atoms with van der Waals surface area (Å²) in [6.45, 7) is 1.93. The summed E-state index contributed by atoms with van der Waals surface area (Å²) in [7, 11) is 0. The van der Waals surface area contributed by atoms with Crippen molar-refractivity contribution in [2.24, 2.45) is 0 Å². The van der Waals surface area contributed by atoms with Crippen LogP contribution in [0.2, 0.25) is 0 Å². The van der Waals surface area contributed by atoms with Gasteiger partial charge in [-0.1, -0.05) is 18.2 Å². The van der Waals surface area contributed by atoms with E-state index in [-0.39, 0.29) is 5.91 Å². The van der Waals surface area contributed by atoms with Crippen molar-refractivity contribution >= 4 is 23.4 Å². The van der Waals surface area contributed by atoms with Crippen LogP contribution in [0.5, 0.6) is 0 Å². The van der Waals surface area contributed by atoms with Gasteiger partial charge < -0.3 is 5.32 Å². The number of aryl methyl sites for hydroxylation is 1. The molecule has 1 amide bonds. The molecule has 1 heterocycles. The SMILES string of the molecule is CSc1ccc(NC(=O)c2cc(C)n(-c3ccccc3)n2)cc1. The highest BCUT2D eigenvalue weighted by Crippen LogP contribution is 2.18. The second kappa shape index (κ2) is 6.71. The van der Waals surface area contributed by atoms with Crippen LogP contribution in [-0.2, 0) is 0 Å². The smallest absolute Gasteiger partial charge is 0.276 e. The number of amides is 1. The first-order valence-electron chi connectivity index (χ1n) is 7.25. The van der Waals surface area contributed by atoms with Crippen molar-refractivity contribution in [2.45, 2.75) is 11.8 Å². The molecule has 0 aliphatic heterocycles. The normalized spacial score (nSPS) is 10.5. The number of para-hydroxylation sites is 1. The van der Waals surface area contributed by atoms with Gasteiger partial charge >= 0.3 is 0 Å². The number of nitrogens with zero attached hydrogens (tertiary/aromatic N) is 2. The second-order valence-corrected chi connectivity index (χ2v) is 5.98. The number of benzene rings is 2. The Balaban J connectivity index is 1.80. The predicted octanol–water partition coefficient (Wildman–Crippen LogP) is 4.15. The molecule has 0 unspecified atom stereocenters. The van der Waals surface area contributed by atoms with Crippen LogP contribution >= 0.6 is 11.8 Å². The van der Waals surface area contributed by atoms with Crippen molar-refractivity contribution in [3.63, 3.8) is 0 Å². The Labute approximate surface area is 139 Å². The fourth-order valence-electron chi connectivity index (χ4n) is 2.29. The lowest BCUT2D eigenvalue weighted by Crippen LogP contribution is -2.13. The number of thioether (sulfide) groups is 1. The number of carbonyl (C=O) groups excluding carboxylic acids is 1. The first kappa shape index (κ1) is 15.4. The van der Waals surface area contributed by atoms with Crippen LogP contribution in [0.1, 0.15) is 16.2 Å². The fraction of sp³-hybridized carbons (Fsp3) is 0.111. The first-order chi connectivity index (χ1) is 11.2. The van der Waals surface area contributed by atoms with E-state index in [1.165, 1.54) is 0 Å². The number of carbonyl (C=O) groups is 1. The zero-order valence-electron chi connectivity index (χ0n) is 13.0. The molecule has 0 saturated carbocycles. The molecule has 3 rings (SSSR count). The van der Waals surface area contributed by atoms with Crippen molar-refractivity contribution in [3.8, 4) is 5.69 Å². The Kier molecular flexibility index (Phi) is 4.48. The lowest BCUT2D eigenvalue weighted by molar-refractivity contribution is 0.102. The molecule has 0 spiro atoms. The molecule has 0 fully saturated rings. The maximum Gasteiger partial charge on any atom is 0.276 e. The Morgan fingerprint density at radius 2 is 1.78 bits per heavy atom. The van der Waals surface area contributed by atoms with Gasteiger partial charge in [0.05, 0.1) is 5.69 Å². The van der Waals surface area contributed by atoms with Gasteiger partial charge in [0.25, 0.3) is 5.91 Å². The van der Waals surface area contributed by atoms with E-state index in [1.807, 2.05) is 67.8 Å². The lowest BCUT2D eigenvalue weighted by Gasteiger charge is -2.04. The van der Waals surface area contributed by atoms with E-state index < -0.39 is 0 Å². The Morgan fingerprint density at radius 1 is 1.09 bits per heavy atom. The quantitative estimate of drug-likeness (QED) is 0.734. The monoisotopic (exact) mass is 323 g/mol. The van der Waals surface area contributed by atoms with E-state index in [0.29, 0.717) is 5.69 Å². The molecule has 1 aromatic heterocycles. The Morgan fingerprint density at radius 3 is 2.43 bits per heavy atom. The number of hydrogen-bond donors (Lipinski definition) is 1. The van der Waals surface area contributed by atoms with Crippen LogP contribution in [0.15, 0.2) is 65.6 Å². The maximum atomic E-state index is 12.4. The summed E-state index contributed by atoms with van der Waals surface area (Å²) in [6.07, 6.45) is 2.02. The standard InChI is InChI=1S/C18H17N3OS/c1-13-12-17(20-21(13)15-6-4-3-5-7-15)18(22)19-14-8-10-16(23-2)11-9-14/h3-12H,1-2H3,(H,19,22). The van der Waals surface area contributed by atoms with Crippen LogP contribution in [-0.4, -0.2) is 21.9 Å². The number of nitrogens with one attached hydrogen (secondary N) is 1. The van der Waals surface area contributed by atoms with E-state index in [0.717, 1.165) is 22.0 Å². The number of aromatic nitrogens is 2. The second-order valence-electron chi connectivity index (χ2n) is 5.10. The zero-order chi connectivity index (χ0) is 16.2. The van der Waals surface area contributed by atoms with Crippen LogP contribution in [0.3, 0.4) is 0 Å². The molecule has 2 aromatic carbocycles. The zero-order valence-corrected chi connectivity index (χ0v) is 13.8. The minimum Gasteiger partial charge on any atom is -0.321 e. The highest BCUT2D eigenvalue weighted by Gasteiger charge is 2.13. The highest BCUT2D eigenvalue weighted by atomic mass is 32.2. The summed E-state index contributed by atoms with van der Waals surface area (Å²) < 4.78 is 1.77. The summed E-state index contributed by atoms with van der Waals surface area (Å²) in [6, 6.07) is 19.3. The molecule has 116 valence electrons. The predicted molar refractivity (Wildman–Crippen MR) is 94.5 cm³/mol. The first-order valence-corrected chi connectivity index (χ1v) is 8.47. The minimum absolute atomic E-state index is 0.209. The van der Waals surface area contributed by atoms with Gasteiger partial charge in [-0.05, 0) is 55.6 Å². The van der Waals surface area contributed by atoms with Gasteiger partial charge in [0, 0.05) is 16.3 Å². The molecule has 23 heavy (non-hydrogen) atoms. The van der Waals surface area contributed by atoms with Crippen LogP contribution < -0.4 is 5.32 Å². The molecule has 0 radical (unpaired) electrons. The van der Waals surface area contributed by atoms with Crippen molar-refractivity contribution in [1.82, 2.24) is 9.78 Å². The van der Waals surface area contributed by atoms with Crippen molar-refractivity contribution in [1.29, 1.82) is 0 Å². The topological polar surface area (TPSA) is 46.9 Å². The average Bonchev–Trinajstić information content (AvgIpc) is 2.98. The summed E-state index contributed by atoms with van der Waals surface area (Å²) in [5, 5.41) is 7.29. The summed E-state index contributed by atoms with van der Waals surface area (Å²) in [5.74, 6) is -0.209. The number of hydrogen-bond acceptors (Lipinski definition) is 3. The molecular formula is C18H17N3OS. The van der Waals surface area contributed by atoms with Crippen molar-refractivity contribution in [2.75, 3.05) is 11.6 Å². The molecule has 5 heteroatoms. The van der Waals surface area contributed by atoms with E-state index in [1.54, 1.807) is 22.5 Å². The van der Waals surface area contributed by atoms with E-state index in [2.05, 4.69) is 10.4 Å². The Hall–Kier alpha value is -2.53. The average molecular weight is 323 g/mol. The molecule has 1 N–H and O–H groups in total. The highest BCUT2D eigenvalue weighted by molar-refractivity contribution is 7.98. The van der Waals surface area contributed by atoms with Gasteiger partial charge in [-0.15, -0.1) is 11.8 Å². The largest absolute Gasteiger partial charge is 0.321 e. The molecule has 0 aliphatic carbocycles. The molecule has 4 nitrogen and oxygen atoms in total. The van der Waals surface area contributed by atoms with Crippen LogP contribution in [0, 0.1) is 6.92 Å². The molecule has 0 bridgehead atoms. The molecule has 3 aromatic rings. The third-order valence-electron chi connectivity index (χ3n) is 3.47. The molecule has 0 saturated heterocycles. The van der Waals surface area contributed by atoms with Crippen LogP contribution in [0.4, 0.5) is 5.69 Å². The third-order valence-corrected chi connectivity index (χ3v) is 4.21. The van der Waals surface area contributed by atoms with Crippen molar-refractivity contribution < 1.29 is 4.79 Å².